The Bertz CT molecular complexity index is 544. The summed E-state index contributed by atoms with van der Waals surface area (Å²) in [5.74, 6) is -3.65. The maximum Gasteiger partial charge on any atom is 0.465 e. The van der Waals surface area contributed by atoms with E-state index in [1.54, 1.807) is 6.92 Å². The van der Waals surface area contributed by atoms with Gasteiger partial charge in [-0.15, -0.1) is 0 Å². The van der Waals surface area contributed by atoms with Crippen LogP contribution in [0.3, 0.4) is 0 Å². The van der Waals surface area contributed by atoms with Crippen LogP contribution in [0.5, 0.6) is 0 Å². The monoisotopic (exact) mass is 314 g/mol. The smallest absolute Gasteiger partial charge is 0.458 e. The molecule has 1 saturated heterocycles. The molecule has 1 heterocycles. The van der Waals surface area contributed by atoms with Crippen LogP contribution in [-0.2, 0) is 29.2 Å². The van der Waals surface area contributed by atoms with Crippen molar-refractivity contribution in [3.8, 4) is 0 Å². The van der Waals surface area contributed by atoms with Crippen LogP contribution >= 0.6 is 0 Å². The predicted octanol–water partition coefficient (Wildman–Crippen LogP) is 0.350. The Kier molecular flexibility index (Phi) is 3.49. The number of esters is 2. The summed E-state index contributed by atoms with van der Waals surface area (Å²) in [6.07, 6.45) is -1.49. The number of hydrogen-bond acceptors (Lipinski definition) is 6. The highest BCUT2D eigenvalue weighted by molar-refractivity contribution is 7.87. The number of hydrogen-bond donors (Lipinski definition) is 1. The molecule has 0 aromatic carbocycles. The Morgan fingerprint density at radius 2 is 2.05 bits per heavy atom. The standard InChI is InChI=1S/C10H12F2O7S/c1-4-2-5-3-6(18-8(5)13)7(4)19-9(14)10(11,12)20(15,16)17/h4-7H,2-3H2,1H3,(H,15,16,17). The van der Waals surface area contributed by atoms with Gasteiger partial charge < -0.3 is 9.47 Å². The Balaban J connectivity index is 2.14. The zero-order valence-electron chi connectivity index (χ0n) is 10.3. The highest BCUT2D eigenvalue weighted by atomic mass is 32.2. The Morgan fingerprint density at radius 1 is 1.45 bits per heavy atom. The highest BCUT2D eigenvalue weighted by Gasteiger charge is 2.57. The summed E-state index contributed by atoms with van der Waals surface area (Å²) in [6.45, 7) is 1.57. The normalized spacial score (nSPS) is 33.7. The van der Waals surface area contributed by atoms with Crippen molar-refractivity contribution in [2.24, 2.45) is 11.8 Å². The number of rotatable bonds is 3. The first-order valence-corrected chi connectivity index (χ1v) is 7.24. The van der Waals surface area contributed by atoms with Crippen LogP contribution in [0.2, 0.25) is 0 Å². The van der Waals surface area contributed by atoms with Crippen LogP contribution in [0, 0.1) is 11.8 Å². The molecule has 0 spiro atoms. The summed E-state index contributed by atoms with van der Waals surface area (Å²) in [7, 11) is -5.91. The maximum atomic E-state index is 13.1. The van der Waals surface area contributed by atoms with Gasteiger partial charge in [-0.05, 0) is 12.3 Å². The van der Waals surface area contributed by atoms with Crippen LogP contribution in [0.25, 0.3) is 0 Å². The Morgan fingerprint density at radius 3 is 2.60 bits per heavy atom. The molecule has 0 radical (unpaired) electrons. The third kappa shape index (κ3) is 2.37. The molecule has 10 heteroatoms. The molecule has 1 saturated carbocycles. The van der Waals surface area contributed by atoms with Crippen molar-refractivity contribution in [3.63, 3.8) is 0 Å². The van der Waals surface area contributed by atoms with Crippen molar-refractivity contribution in [1.82, 2.24) is 0 Å². The van der Waals surface area contributed by atoms with Crippen LogP contribution in [-0.4, -0.2) is 42.4 Å². The molecule has 20 heavy (non-hydrogen) atoms. The fourth-order valence-electron chi connectivity index (χ4n) is 2.50. The van der Waals surface area contributed by atoms with Gasteiger partial charge in [0.25, 0.3) is 0 Å². The van der Waals surface area contributed by atoms with Crippen molar-refractivity contribution < 1.29 is 40.8 Å². The minimum Gasteiger partial charge on any atom is -0.458 e. The average Bonchev–Trinajstić information content (AvgIpc) is 2.60. The molecule has 1 aliphatic heterocycles. The summed E-state index contributed by atoms with van der Waals surface area (Å²) in [5.41, 5.74) is 0. The molecular formula is C10H12F2O7S. The average molecular weight is 314 g/mol. The van der Waals surface area contributed by atoms with E-state index >= 15 is 0 Å². The van der Waals surface area contributed by atoms with Crippen molar-refractivity contribution in [2.45, 2.75) is 37.2 Å². The zero-order valence-corrected chi connectivity index (χ0v) is 11.1. The molecule has 1 aliphatic carbocycles. The molecule has 4 unspecified atom stereocenters. The fourth-order valence-corrected chi connectivity index (χ4v) is 2.76. The molecule has 7 nitrogen and oxygen atoms in total. The van der Waals surface area contributed by atoms with Gasteiger partial charge in [0.2, 0.25) is 0 Å². The molecule has 0 aromatic rings. The molecule has 2 aliphatic rings. The first-order chi connectivity index (χ1) is 9.04. The minimum absolute atomic E-state index is 0.235. The second kappa shape index (κ2) is 4.62. The van der Waals surface area contributed by atoms with E-state index in [0.717, 1.165) is 0 Å². The molecule has 2 fully saturated rings. The predicted molar refractivity (Wildman–Crippen MR) is 58.1 cm³/mol. The summed E-state index contributed by atoms with van der Waals surface area (Å²) in [4.78, 5) is 22.6. The van der Waals surface area contributed by atoms with Gasteiger partial charge in [-0.25, -0.2) is 4.79 Å². The third-order valence-electron chi connectivity index (χ3n) is 3.51. The fraction of sp³-hybridized carbons (Fsp3) is 0.800. The van der Waals surface area contributed by atoms with E-state index in [2.05, 4.69) is 4.74 Å². The summed E-state index contributed by atoms with van der Waals surface area (Å²) in [5, 5.41) is -5.05. The van der Waals surface area contributed by atoms with E-state index in [1.165, 1.54) is 0 Å². The largest absolute Gasteiger partial charge is 0.465 e. The van der Waals surface area contributed by atoms with Gasteiger partial charge in [-0.3, -0.25) is 9.35 Å². The van der Waals surface area contributed by atoms with Gasteiger partial charge in [0.15, 0.2) is 0 Å². The summed E-state index contributed by atoms with van der Waals surface area (Å²) in [6, 6.07) is 0. The lowest BCUT2D eigenvalue weighted by atomic mass is 9.81. The number of alkyl halides is 2. The van der Waals surface area contributed by atoms with Crippen molar-refractivity contribution >= 4 is 22.1 Å². The lowest BCUT2D eigenvalue weighted by Gasteiger charge is -2.31. The van der Waals surface area contributed by atoms with E-state index in [0.29, 0.717) is 6.42 Å². The quantitative estimate of drug-likeness (QED) is 0.591. The third-order valence-corrected chi connectivity index (χ3v) is 4.32. The van der Waals surface area contributed by atoms with Gasteiger partial charge in [0.1, 0.15) is 12.2 Å². The Labute approximate surface area is 113 Å². The second-order valence-electron chi connectivity index (χ2n) is 4.98. The van der Waals surface area contributed by atoms with Crippen LogP contribution in [0.4, 0.5) is 8.78 Å². The van der Waals surface area contributed by atoms with Gasteiger partial charge in [-0.2, -0.15) is 17.2 Å². The summed E-state index contributed by atoms with van der Waals surface area (Å²) < 4.78 is 64.8. The number of fused-ring (bicyclic) bond motifs is 2. The van der Waals surface area contributed by atoms with Crippen molar-refractivity contribution in [2.75, 3.05) is 0 Å². The van der Waals surface area contributed by atoms with Crippen LogP contribution < -0.4 is 0 Å². The van der Waals surface area contributed by atoms with Crippen molar-refractivity contribution in [3.05, 3.63) is 0 Å². The topological polar surface area (TPSA) is 107 Å². The molecule has 2 rings (SSSR count). The van der Waals surface area contributed by atoms with Crippen LogP contribution in [0.1, 0.15) is 19.8 Å². The van der Waals surface area contributed by atoms with E-state index in [9.17, 15) is 26.8 Å². The lowest BCUT2D eigenvalue weighted by Crippen LogP contribution is -2.46. The number of carbonyl (C=O) groups excluding carboxylic acids is 2. The Hall–Kier alpha value is -1.29. The van der Waals surface area contributed by atoms with Gasteiger partial charge in [0.05, 0.1) is 5.92 Å². The minimum atomic E-state index is -5.91. The maximum absolute atomic E-state index is 13.1. The van der Waals surface area contributed by atoms with E-state index < -0.39 is 45.4 Å². The first kappa shape index (κ1) is 15.1. The summed E-state index contributed by atoms with van der Waals surface area (Å²) >= 11 is 0. The molecule has 114 valence electrons. The van der Waals surface area contributed by atoms with Crippen LogP contribution in [0.15, 0.2) is 0 Å². The molecule has 0 aromatic heterocycles. The van der Waals surface area contributed by atoms with E-state index in [4.69, 9.17) is 9.29 Å². The second-order valence-corrected chi connectivity index (χ2v) is 6.45. The molecule has 4 atom stereocenters. The highest BCUT2D eigenvalue weighted by Crippen LogP contribution is 2.40. The van der Waals surface area contributed by atoms with Gasteiger partial charge in [0, 0.05) is 6.42 Å². The van der Waals surface area contributed by atoms with Gasteiger partial charge >= 0.3 is 27.3 Å². The van der Waals surface area contributed by atoms with E-state index in [1.807, 2.05) is 0 Å². The number of ether oxygens (including phenoxy) is 2. The van der Waals surface area contributed by atoms with Crippen molar-refractivity contribution in [1.29, 1.82) is 0 Å². The molecular weight excluding hydrogens is 302 g/mol. The molecule has 1 N–H and O–H groups in total. The molecule has 0 amide bonds. The first-order valence-electron chi connectivity index (χ1n) is 5.80. The number of halogens is 2. The van der Waals surface area contributed by atoms with Gasteiger partial charge in [-0.1, -0.05) is 6.92 Å². The SMILES string of the molecule is CC1CC2CC(OC2=O)C1OC(=O)C(F)(F)S(=O)(=O)O. The van der Waals surface area contributed by atoms with E-state index in [-0.39, 0.29) is 12.3 Å². The zero-order chi connectivity index (χ0) is 15.3. The number of carbonyl (C=O) groups is 2. The lowest BCUT2D eigenvalue weighted by molar-refractivity contribution is -0.179. The molecule has 2 bridgehead atoms.